The molecule has 0 aliphatic carbocycles. The molecule has 3 N–H and O–H groups in total. The van der Waals surface area contributed by atoms with E-state index in [-0.39, 0.29) is 11.8 Å². The molecule has 3 atom stereocenters. The zero-order chi connectivity index (χ0) is 12.3. The summed E-state index contributed by atoms with van der Waals surface area (Å²) in [5, 5.41) is 3.60. The summed E-state index contributed by atoms with van der Waals surface area (Å²) in [6.07, 6.45) is 5.23. The molecule has 0 bridgehead atoms. The van der Waals surface area contributed by atoms with Gasteiger partial charge in [0, 0.05) is 25.0 Å². The van der Waals surface area contributed by atoms with Gasteiger partial charge in [-0.15, -0.1) is 0 Å². The first-order chi connectivity index (χ1) is 8.16. The van der Waals surface area contributed by atoms with Crippen LogP contribution in [0.3, 0.4) is 0 Å². The third kappa shape index (κ3) is 3.42. The fraction of sp³-hybridized carbons (Fsp3) is 0.923. The number of primary amides is 1. The molecule has 0 aromatic carbocycles. The van der Waals surface area contributed by atoms with Crippen molar-refractivity contribution in [3.8, 4) is 0 Å². The summed E-state index contributed by atoms with van der Waals surface area (Å²) in [7, 11) is 0. The van der Waals surface area contributed by atoms with Gasteiger partial charge in [0.25, 0.3) is 0 Å². The second-order valence-corrected chi connectivity index (χ2v) is 5.67. The van der Waals surface area contributed by atoms with Gasteiger partial charge in [-0.3, -0.25) is 4.79 Å². The van der Waals surface area contributed by atoms with Crippen LogP contribution in [0.5, 0.6) is 0 Å². The van der Waals surface area contributed by atoms with E-state index in [1.54, 1.807) is 0 Å². The van der Waals surface area contributed by atoms with Gasteiger partial charge in [0.15, 0.2) is 0 Å². The van der Waals surface area contributed by atoms with Crippen molar-refractivity contribution in [2.45, 2.75) is 38.6 Å². The number of carbonyl (C=O) groups is 1. The molecular formula is C13H25N3O. The third-order valence-corrected chi connectivity index (χ3v) is 4.23. The molecule has 2 saturated heterocycles. The zero-order valence-corrected chi connectivity index (χ0v) is 10.8. The van der Waals surface area contributed by atoms with E-state index in [2.05, 4.69) is 10.2 Å². The Morgan fingerprint density at radius 3 is 2.94 bits per heavy atom. The Balaban J connectivity index is 1.81. The first-order valence-electron chi connectivity index (χ1n) is 6.92. The molecule has 2 aliphatic heterocycles. The van der Waals surface area contributed by atoms with Gasteiger partial charge in [-0.25, -0.2) is 0 Å². The minimum absolute atomic E-state index is 0.0229. The Hall–Kier alpha value is -0.610. The Labute approximate surface area is 104 Å². The van der Waals surface area contributed by atoms with Crippen molar-refractivity contribution in [1.82, 2.24) is 10.2 Å². The van der Waals surface area contributed by atoms with Crippen molar-refractivity contribution in [1.29, 1.82) is 0 Å². The number of hydrogen-bond donors (Lipinski definition) is 2. The van der Waals surface area contributed by atoms with Gasteiger partial charge in [-0.2, -0.15) is 0 Å². The summed E-state index contributed by atoms with van der Waals surface area (Å²) < 4.78 is 0. The molecule has 2 heterocycles. The lowest BCUT2D eigenvalue weighted by molar-refractivity contribution is -0.122. The fourth-order valence-electron chi connectivity index (χ4n) is 3.18. The van der Waals surface area contributed by atoms with Gasteiger partial charge in [0.1, 0.15) is 0 Å². The van der Waals surface area contributed by atoms with Crippen LogP contribution in [0.15, 0.2) is 0 Å². The molecule has 0 saturated carbocycles. The van der Waals surface area contributed by atoms with Gasteiger partial charge >= 0.3 is 0 Å². The number of carbonyl (C=O) groups excluding carboxylic acids is 1. The lowest BCUT2D eigenvalue weighted by atomic mass is 9.89. The quantitative estimate of drug-likeness (QED) is 0.754. The van der Waals surface area contributed by atoms with Crippen LogP contribution in [0.2, 0.25) is 0 Å². The van der Waals surface area contributed by atoms with Crippen LogP contribution in [-0.2, 0) is 4.79 Å². The first-order valence-corrected chi connectivity index (χ1v) is 6.92. The Bertz CT molecular complexity index is 263. The molecule has 98 valence electrons. The van der Waals surface area contributed by atoms with Crippen molar-refractivity contribution in [3.63, 3.8) is 0 Å². The Kier molecular flexibility index (Phi) is 4.40. The standard InChI is InChI=1S/C13H25N3O/c1-10(13(14)17)8-16-7-3-4-11(9-16)12-5-2-6-15-12/h10-12,15H,2-9H2,1H3,(H2,14,17). The normalized spacial score (nSPS) is 32.5. The third-order valence-electron chi connectivity index (χ3n) is 4.23. The van der Waals surface area contributed by atoms with Crippen molar-refractivity contribution >= 4 is 5.91 Å². The lowest BCUT2D eigenvalue weighted by Crippen LogP contribution is -2.46. The molecule has 1 amide bonds. The summed E-state index contributed by atoms with van der Waals surface area (Å²) >= 11 is 0. The van der Waals surface area contributed by atoms with Crippen LogP contribution in [0, 0.1) is 11.8 Å². The minimum Gasteiger partial charge on any atom is -0.369 e. The topological polar surface area (TPSA) is 58.4 Å². The van der Waals surface area contributed by atoms with Crippen molar-refractivity contribution < 1.29 is 4.79 Å². The van der Waals surface area contributed by atoms with E-state index in [1.807, 2.05) is 6.92 Å². The molecule has 0 radical (unpaired) electrons. The second kappa shape index (κ2) is 5.83. The van der Waals surface area contributed by atoms with E-state index < -0.39 is 0 Å². The molecule has 4 nitrogen and oxygen atoms in total. The van der Waals surface area contributed by atoms with Crippen molar-refractivity contribution in [3.05, 3.63) is 0 Å². The first kappa shape index (κ1) is 12.8. The van der Waals surface area contributed by atoms with Crippen LogP contribution in [0.1, 0.15) is 32.6 Å². The number of hydrogen-bond acceptors (Lipinski definition) is 3. The summed E-state index contributed by atoms with van der Waals surface area (Å²) in [5.74, 6) is 0.572. The maximum Gasteiger partial charge on any atom is 0.221 e. The molecule has 4 heteroatoms. The van der Waals surface area contributed by atoms with Crippen LogP contribution in [0.25, 0.3) is 0 Å². The van der Waals surface area contributed by atoms with Gasteiger partial charge in [0.05, 0.1) is 0 Å². The summed E-state index contributed by atoms with van der Waals surface area (Å²) in [5.41, 5.74) is 5.33. The molecule has 17 heavy (non-hydrogen) atoms. The van der Waals surface area contributed by atoms with E-state index in [0.29, 0.717) is 6.04 Å². The Morgan fingerprint density at radius 1 is 1.47 bits per heavy atom. The molecule has 0 spiro atoms. The van der Waals surface area contributed by atoms with E-state index in [1.165, 1.54) is 32.2 Å². The van der Waals surface area contributed by atoms with Crippen molar-refractivity contribution in [2.75, 3.05) is 26.2 Å². The highest BCUT2D eigenvalue weighted by molar-refractivity contribution is 5.76. The van der Waals surface area contributed by atoms with Gasteiger partial charge in [-0.05, 0) is 44.7 Å². The van der Waals surface area contributed by atoms with Crippen LogP contribution >= 0.6 is 0 Å². The van der Waals surface area contributed by atoms with Crippen LogP contribution in [0.4, 0.5) is 0 Å². The summed E-state index contributed by atoms with van der Waals surface area (Å²) in [6, 6.07) is 0.710. The van der Waals surface area contributed by atoms with Crippen molar-refractivity contribution in [2.24, 2.45) is 17.6 Å². The summed E-state index contributed by atoms with van der Waals surface area (Å²) in [6.45, 7) is 6.20. The SMILES string of the molecule is CC(CN1CCCC(C2CCCN2)C1)C(N)=O. The monoisotopic (exact) mass is 239 g/mol. The number of nitrogens with one attached hydrogen (secondary N) is 1. The molecule has 2 rings (SSSR count). The van der Waals surface area contributed by atoms with E-state index in [0.717, 1.165) is 25.6 Å². The number of likely N-dealkylation sites (tertiary alicyclic amines) is 1. The predicted molar refractivity (Wildman–Crippen MR) is 68.5 cm³/mol. The van der Waals surface area contributed by atoms with Gasteiger partial charge in [-0.1, -0.05) is 6.92 Å². The minimum atomic E-state index is -0.175. The molecule has 3 unspecified atom stereocenters. The second-order valence-electron chi connectivity index (χ2n) is 5.67. The molecule has 0 aromatic heterocycles. The largest absolute Gasteiger partial charge is 0.369 e. The highest BCUT2D eigenvalue weighted by Gasteiger charge is 2.29. The van der Waals surface area contributed by atoms with E-state index in [9.17, 15) is 4.79 Å². The number of rotatable bonds is 4. The number of nitrogens with zero attached hydrogens (tertiary/aromatic N) is 1. The predicted octanol–water partition coefficient (Wildman–Crippen LogP) is 0.572. The average molecular weight is 239 g/mol. The maximum absolute atomic E-state index is 11.1. The molecule has 0 aromatic rings. The van der Waals surface area contributed by atoms with E-state index >= 15 is 0 Å². The van der Waals surface area contributed by atoms with Gasteiger partial charge in [0.2, 0.25) is 5.91 Å². The zero-order valence-electron chi connectivity index (χ0n) is 10.8. The average Bonchev–Trinajstić information content (AvgIpc) is 2.82. The number of nitrogens with two attached hydrogens (primary N) is 1. The molecular weight excluding hydrogens is 214 g/mol. The van der Waals surface area contributed by atoms with Gasteiger partial charge < -0.3 is 16.0 Å². The summed E-state index contributed by atoms with van der Waals surface area (Å²) in [4.78, 5) is 13.5. The van der Waals surface area contributed by atoms with Crippen LogP contribution < -0.4 is 11.1 Å². The fourth-order valence-corrected chi connectivity index (χ4v) is 3.18. The number of piperidine rings is 1. The highest BCUT2D eigenvalue weighted by Crippen LogP contribution is 2.25. The molecule has 2 aliphatic rings. The number of amides is 1. The lowest BCUT2D eigenvalue weighted by Gasteiger charge is -2.36. The van der Waals surface area contributed by atoms with Crippen LogP contribution in [-0.4, -0.2) is 43.0 Å². The van der Waals surface area contributed by atoms with E-state index in [4.69, 9.17) is 5.73 Å². The molecule has 2 fully saturated rings. The smallest absolute Gasteiger partial charge is 0.221 e. The maximum atomic E-state index is 11.1. The highest BCUT2D eigenvalue weighted by atomic mass is 16.1. The Morgan fingerprint density at radius 2 is 2.29 bits per heavy atom.